The van der Waals surface area contributed by atoms with Crippen molar-refractivity contribution >= 4 is 29.3 Å². The number of carbonyl (C=O) groups is 3. The van der Waals surface area contributed by atoms with Crippen LogP contribution in [0.5, 0.6) is 0 Å². The smallest absolute Gasteiger partial charge is 0.317 e. The van der Waals surface area contributed by atoms with Crippen LogP contribution in [0.4, 0.5) is 20.6 Å². The molecule has 4 rings (SSSR count). The highest BCUT2D eigenvalue weighted by Gasteiger charge is 2.46. The largest absolute Gasteiger partial charge is 0.466 e. The van der Waals surface area contributed by atoms with Gasteiger partial charge in [0.25, 0.3) is 0 Å². The number of hydrogen-bond donors (Lipinski definition) is 1. The van der Waals surface area contributed by atoms with Crippen molar-refractivity contribution in [1.82, 2.24) is 10.2 Å². The number of amides is 3. The predicted molar refractivity (Wildman–Crippen MR) is 148 cm³/mol. The zero-order valence-electron chi connectivity index (χ0n) is 22.4. The van der Waals surface area contributed by atoms with Gasteiger partial charge in [-0.1, -0.05) is 42.5 Å². The first-order valence-corrected chi connectivity index (χ1v) is 13.2. The monoisotopic (exact) mass is 531 g/mol. The van der Waals surface area contributed by atoms with Gasteiger partial charge in [-0.2, -0.15) is 0 Å². The Morgan fingerprint density at radius 2 is 1.62 bits per heavy atom. The lowest BCUT2D eigenvalue weighted by molar-refractivity contribution is -0.160. The lowest BCUT2D eigenvalue weighted by Gasteiger charge is -2.40. The minimum Gasteiger partial charge on any atom is -0.466 e. The lowest BCUT2D eigenvalue weighted by Crippen LogP contribution is -2.51. The molecule has 0 aliphatic carbocycles. The van der Waals surface area contributed by atoms with E-state index in [1.54, 1.807) is 28.9 Å². The van der Waals surface area contributed by atoms with E-state index in [0.717, 1.165) is 16.8 Å². The first-order chi connectivity index (χ1) is 18.8. The van der Waals surface area contributed by atoms with E-state index in [1.807, 2.05) is 61.5 Å². The fourth-order valence-electron chi connectivity index (χ4n) is 4.92. The van der Waals surface area contributed by atoms with Gasteiger partial charge in [0, 0.05) is 37.4 Å². The highest BCUT2D eigenvalue weighted by atomic mass is 19.1. The van der Waals surface area contributed by atoms with Crippen molar-refractivity contribution < 1.29 is 23.5 Å². The van der Waals surface area contributed by atoms with Gasteiger partial charge in [-0.3, -0.25) is 14.5 Å². The first kappa shape index (κ1) is 27.8. The molecule has 8 heteroatoms. The van der Waals surface area contributed by atoms with Crippen LogP contribution in [-0.2, 0) is 20.9 Å². The number of rotatable bonds is 8. The molecule has 1 N–H and O–H groups in total. The van der Waals surface area contributed by atoms with Crippen molar-refractivity contribution in [2.75, 3.05) is 24.6 Å². The van der Waals surface area contributed by atoms with Gasteiger partial charge in [-0.05, 0) is 74.2 Å². The summed E-state index contributed by atoms with van der Waals surface area (Å²) in [6, 6.07) is 22.7. The molecule has 39 heavy (non-hydrogen) atoms. The molecule has 0 bridgehead atoms. The first-order valence-electron chi connectivity index (χ1n) is 13.2. The predicted octanol–water partition coefficient (Wildman–Crippen LogP) is 5.74. The second-order valence-electron chi connectivity index (χ2n) is 9.85. The molecule has 0 radical (unpaired) electrons. The standard InChI is InChI=1S/C31H34FN3O4/c1-3-39-29(37)31(16-18-34(19-17-31)30(38)33-22-24-12-14-25(32)15-13-24)21-28(36)35(26-9-5-4-6-10-26)27-11-7-8-23(2)20-27/h4-15,20H,3,16-19,21-22H2,1-2H3,(H,33,38). The van der Waals surface area contributed by atoms with Crippen LogP contribution in [0.1, 0.15) is 37.3 Å². The van der Waals surface area contributed by atoms with Gasteiger partial charge in [-0.25, -0.2) is 9.18 Å². The molecule has 1 aliphatic heterocycles. The summed E-state index contributed by atoms with van der Waals surface area (Å²) in [5, 5.41) is 2.85. The summed E-state index contributed by atoms with van der Waals surface area (Å²) in [5.74, 6) is -0.963. The Balaban J connectivity index is 1.50. The van der Waals surface area contributed by atoms with E-state index in [0.29, 0.717) is 31.6 Å². The molecule has 3 aromatic rings. The van der Waals surface area contributed by atoms with Gasteiger partial charge in [0.1, 0.15) is 5.82 Å². The lowest BCUT2D eigenvalue weighted by atomic mass is 9.75. The van der Waals surface area contributed by atoms with Gasteiger partial charge >= 0.3 is 12.0 Å². The summed E-state index contributed by atoms with van der Waals surface area (Å²) < 4.78 is 18.6. The van der Waals surface area contributed by atoms with Crippen LogP contribution in [-0.4, -0.2) is 42.5 Å². The summed E-state index contributed by atoms with van der Waals surface area (Å²) in [5.41, 5.74) is 2.19. The van der Waals surface area contributed by atoms with Crippen molar-refractivity contribution in [2.45, 2.75) is 39.7 Å². The zero-order valence-corrected chi connectivity index (χ0v) is 22.4. The topological polar surface area (TPSA) is 79.0 Å². The Labute approximate surface area is 228 Å². The number of ether oxygens (including phenoxy) is 1. The third kappa shape index (κ3) is 6.82. The summed E-state index contributed by atoms with van der Waals surface area (Å²) in [6.07, 6.45) is 0.565. The number of para-hydroxylation sites is 1. The van der Waals surface area contributed by atoms with Gasteiger partial charge in [0.2, 0.25) is 5.91 Å². The quantitative estimate of drug-likeness (QED) is 0.376. The molecule has 0 spiro atoms. The van der Waals surface area contributed by atoms with Crippen molar-refractivity contribution in [3.05, 3.63) is 95.8 Å². The molecule has 3 amide bonds. The number of piperidine rings is 1. The van der Waals surface area contributed by atoms with Crippen LogP contribution in [0.3, 0.4) is 0 Å². The van der Waals surface area contributed by atoms with E-state index >= 15 is 0 Å². The molecule has 204 valence electrons. The minimum atomic E-state index is -1.04. The maximum Gasteiger partial charge on any atom is 0.317 e. The molecular formula is C31H34FN3O4. The van der Waals surface area contributed by atoms with Gasteiger partial charge in [0.15, 0.2) is 0 Å². The number of aryl methyl sites for hydroxylation is 1. The molecule has 1 aliphatic rings. The average Bonchev–Trinajstić information content (AvgIpc) is 2.94. The Morgan fingerprint density at radius 3 is 2.26 bits per heavy atom. The molecule has 0 saturated carbocycles. The fraction of sp³-hybridized carbons (Fsp3) is 0.323. The Kier molecular flexibility index (Phi) is 8.96. The molecule has 0 aromatic heterocycles. The molecule has 1 fully saturated rings. The van der Waals surface area contributed by atoms with Crippen molar-refractivity contribution in [1.29, 1.82) is 0 Å². The summed E-state index contributed by atoms with van der Waals surface area (Å²) in [6.45, 7) is 4.79. The second-order valence-corrected chi connectivity index (χ2v) is 9.85. The van der Waals surface area contributed by atoms with E-state index in [4.69, 9.17) is 4.74 Å². The van der Waals surface area contributed by atoms with Crippen LogP contribution in [0.15, 0.2) is 78.9 Å². The number of nitrogens with one attached hydrogen (secondary N) is 1. The van der Waals surface area contributed by atoms with Crippen LogP contribution < -0.4 is 10.2 Å². The van der Waals surface area contributed by atoms with Gasteiger partial charge in [-0.15, -0.1) is 0 Å². The van der Waals surface area contributed by atoms with Gasteiger partial charge < -0.3 is 15.0 Å². The number of likely N-dealkylation sites (tertiary alicyclic amines) is 1. The SMILES string of the molecule is CCOC(=O)C1(CC(=O)N(c2ccccc2)c2cccc(C)c2)CCN(C(=O)NCc2ccc(F)cc2)CC1. The molecule has 7 nitrogen and oxygen atoms in total. The number of halogens is 1. The molecule has 3 aromatic carbocycles. The number of esters is 1. The highest BCUT2D eigenvalue weighted by molar-refractivity contribution is 6.02. The Bertz CT molecular complexity index is 1290. The van der Waals surface area contributed by atoms with E-state index in [1.165, 1.54) is 12.1 Å². The fourth-order valence-corrected chi connectivity index (χ4v) is 4.92. The number of hydrogen-bond acceptors (Lipinski definition) is 4. The van der Waals surface area contributed by atoms with Crippen LogP contribution >= 0.6 is 0 Å². The average molecular weight is 532 g/mol. The minimum absolute atomic E-state index is 0.0420. The number of benzene rings is 3. The normalized spacial score (nSPS) is 14.4. The summed E-state index contributed by atoms with van der Waals surface area (Å²) in [4.78, 5) is 43.3. The molecule has 1 saturated heterocycles. The molecule has 0 unspecified atom stereocenters. The van der Waals surface area contributed by atoms with E-state index in [-0.39, 0.29) is 37.3 Å². The number of nitrogens with zero attached hydrogens (tertiary/aromatic N) is 2. The zero-order chi connectivity index (χ0) is 27.8. The Hall–Kier alpha value is -4.20. The van der Waals surface area contributed by atoms with Crippen molar-refractivity contribution in [3.63, 3.8) is 0 Å². The molecular weight excluding hydrogens is 497 g/mol. The highest BCUT2D eigenvalue weighted by Crippen LogP contribution is 2.39. The second kappa shape index (κ2) is 12.6. The van der Waals surface area contributed by atoms with Crippen LogP contribution in [0.2, 0.25) is 0 Å². The maximum absolute atomic E-state index is 13.9. The van der Waals surface area contributed by atoms with E-state index in [2.05, 4.69) is 5.32 Å². The third-order valence-electron chi connectivity index (χ3n) is 7.09. The Morgan fingerprint density at radius 1 is 0.949 bits per heavy atom. The number of urea groups is 1. The summed E-state index contributed by atoms with van der Waals surface area (Å²) in [7, 11) is 0. The molecule has 1 heterocycles. The maximum atomic E-state index is 13.9. The number of carbonyl (C=O) groups excluding carboxylic acids is 3. The van der Waals surface area contributed by atoms with E-state index < -0.39 is 11.4 Å². The van der Waals surface area contributed by atoms with E-state index in [9.17, 15) is 18.8 Å². The van der Waals surface area contributed by atoms with Crippen molar-refractivity contribution in [2.24, 2.45) is 5.41 Å². The molecule has 0 atom stereocenters. The number of anilines is 2. The third-order valence-corrected chi connectivity index (χ3v) is 7.09. The summed E-state index contributed by atoms with van der Waals surface area (Å²) >= 11 is 0. The van der Waals surface area contributed by atoms with Gasteiger partial charge in [0.05, 0.1) is 12.0 Å². The van der Waals surface area contributed by atoms with Crippen LogP contribution in [0.25, 0.3) is 0 Å². The van der Waals surface area contributed by atoms with Crippen molar-refractivity contribution in [3.8, 4) is 0 Å². The van der Waals surface area contributed by atoms with Crippen LogP contribution in [0, 0.1) is 18.2 Å².